The molecule has 0 aliphatic rings. The molecular formula is C19H19BrN4OS. The molecule has 2 aromatic carbocycles. The molecule has 0 bridgehead atoms. The van der Waals surface area contributed by atoms with Crippen LogP contribution in [0.25, 0.3) is 11.4 Å². The first-order chi connectivity index (χ1) is 12.7. The van der Waals surface area contributed by atoms with Gasteiger partial charge < -0.3 is 5.32 Å². The number of nitrogens with zero attached hydrogens (tertiary/aromatic N) is 2. The number of hydrogen-bond donors (Lipinski definition) is 2. The van der Waals surface area contributed by atoms with Gasteiger partial charge in [-0.05, 0) is 30.2 Å². The maximum absolute atomic E-state index is 12.1. The molecule has 1 amide bonds. The molecule has 7 heteroatoms. The minimum absolute atomic E-state index is 0.0783. The van der Waals surface area contributed by atoms with Crippen molar-refractivity contribution in [3.63, 3.8) is 0 Å². The number of rotatable bonds is 7. The standard InChI is InChI=1S/C19H19BrN4OS/c1-2-5-13-8-10-14(11-9-13)21-17(25)12-26-19-22-18(23-24-19)15-6-3-4-7-16(15)20/h3-4,6-11H,2,5,12H2,1H3,(H,21,25)(H,22,23,24). The van der Waals surface area contributed by atoms with E-state index >= 15 is 0 Å². The Morgan fingerprint density at radius 2 is 1.96 bits per heavy atom. The summed E-state index contributed by atoms with van der Waals surface area (Å²) >= 11 is 4.80. The third kappa shape index (κ3) is 4.95. The smallest absolute Gasteiger partial charge is 0.234 e. The van der Waals surface area contributed by atoms with Crippen molar-refractivity contribution < 1.29 is 4.79 Å². The van der Waals surface area contributed by atoms with Crippen molar-refractivity contribution in [3.05, 3.63) is 58.6 Å². The van der Waals surface area contributed by atoms with Crippen molar-refractivity contribution >= 4 is 39.3 Å². The SMILES string of the molecule is CCCc1ccc(NC(=O)CSc2n[nH]c(-c3ccccc3Br)n2)cc1. The number of anilines is 1. The van der Waals surface area contributed by atoms with Crippen molar-refractivity contribution in [1.82, 2.24) is 15.2 Å². The average Bonchev–Trinajstić information content (AvgIpc) is 3.11. The van der Waals surface area contributed by atoms with Crippen LogP contribution in [-0.2, 0) is 11.2 Å². The summed E-state index contributed by atoms with van der Waals surface area (Å²) in [5.74, 6) is 0.849. The Morgan fingerprint density at radius 3 is 2.69 bits per heavy atom. The molecule has 0 radical (unpaired) electrons. The van der Waals surface area contributed by atoms with Crippen LogP contribution in [-0.4, -0.2) is 26.8 Å². The van der Waals surface area contributed by atoms with Crippen LogP contribution in [0.4, 0.5) is 5.69 Å². The van der Waals surface area contributed by atoms with Gasteiger partial charge in [0.05, 0.1) is 5.75 Å². The minimum atomic E-state index is -0.0783. The molecule has 26 heavy (non-hydrogen) atoms. The number of H-pyrrole nitrogens is 1. The molecule has 0 aliphatic heterocycles. The lowest BCUT2D eigenvalue weighted by Gasteiger charge is -2.05. The normalized spacial score (nSPS) is 10.7. The van der Waals surface area contributed by atoms with Crippen LogP contribution in [0.2, 0.25) is 0 Å². The third-order valence-corrected chi connectivity index (χ3v) is 5.24. The second kappa shape index (κ2) is 9.00. The third-order valence-electron chi connectivity index (χ3n) is 3.70. The highest BCUT2D eigenvalue weighted by Gasteiger charge is 2.11. The first-order valence-electron chi connectivity index (χ1n) is 8.34. The number of nitrogens with one attached hydrogen (secondary N) is 2. The van der Waals surface area contributed by atoms with Crippen LogP contribution in [0.1, 0.15) is 18.9 Å². The van der Waals surface area contributed by atoms with Gasteiger partial charge in [0.2, 0.25) is 11.1 Å². The lowest BCUT2D eigenvalue weighted by atomic mass is 10.1. The summed E-state index contributed by atoms with van der Waals surface area (Å²) in [5.41, 5.74) is 3.02. The van der Waals surface area contributed by atoms with Gasteiger partial charge in [0, 0.05) is 15.7 Å². The number of aromatic amines is 1. The molecule has 1 heterocycles. The van der Waals surface area contributed by atoms with Gasteiger partial charge in [-0.3, -0.25) is 9.89 Å². The second-order valence-electron chi connectivity index (χ2n) is 5.73. The molecule has 2 N–H and O–H groups in total. The Bertz CT molecular complexity index is 879. The summed E-state index contributed by atoms with van der Waals surface area (Å²) in [7, 11) is 0. The second-order valence-corrected chi connectivity index (χ2v) is 7.53. The van der Waals surface area contributed by atoms with Crippen LogP contribution in [0.5, 0.6) is 0 Å². The summed E-state index contributed by atoms with van der Waals surface area (Å²) in [6, 6.07) is 15.7. The maximum Gasteiger partial charge on any atom is 0.234 e. The van der Waals surface area contributed by atoms with Crippen molar-refractivity contribution in [3.8, 4) is 11.4 Å². The number of aromatic nitrogens is 3. The van der Waals surface area contributed by atoms with E-state index in [1.807, 2.05) is 48.5 Å². The first kappa shape index (κ1) is 18.7. The molecule has 3 rings (SSSR count). The van der Waals surface area contributed by atoms with E-state index in [0.717, 1.165) is 28.6 Å². The van der Waals surface area contributed by atoms with Gasteiger partial charge in [-0.2, -0.15) is 0 Å². The summed E-state index contributed by atoms with van der Waals surface area (Å²) in [5, 5.41) is 10.5. The van der Waals surface area contributed by atoms with Crippen molar-refractivity contribution in [2.75, 3.05) is 11.1 Å². The van der Waals surface area contributed by atoms with E-state index < -0.39 is 0 Å². The summed E-state index contributed by atoms with van der Waals surface area (Å²) in [6.45, 7) is 2.15. The zero-order valence-electron chi connectivity index (χ0n) is 14.3. The van der Waals surface area contributed by atoms with Gasteiger partial charge in [0.25, 0.3) is 0 Å². The Kier molecular flexibility index (Phi) is 6.46. The first-order valence-corrected chi connectivity index (χ1v) is 10.1. The van der Waals surface area contributed by atoms with Crippen molar-refractivity contribution in [1.29, 1.82) is 0 Å². The van der Waals surface area contributed by atoms with Crippen LogP contribution >= 0.6 is 27.7 Å². The minimum Gasteiger partial charge on any atom is -0.325 e. The Balaban J connectivity index is 1.54. The van der Waals surface area contributed by atoms with E-state index in [2.05, 4.69) is 43.4 Å². The number of hydrogen-bond acceptors (Lipinski definition) is 4. The molecular weight excluding hydrogens is 412 g/mol. The summed E-state index contributed by atoms with van der Waals surface area (Å²) < 4.78 is 0.942. The van der Waals surface area contributed by atoms with Crippen LogP contribution < -0.4 is 5.32 Å². The fraction of sp³-hybridized carbons (Fsp3) is 0.211. The van der Waals surface area contributed by atoms with Gasteiger partial charge in [-0.1, -0.05) is 71.4 Å². The number of amides is 1. The monoisotopic (exact) mass is 430 g/mol. The van der Waals surface area contributed by atoms with Gasteiger partial charge in [-0.15, -0.1) is 5.10 Å². The lowest BCUT2D eigenvalue weighted by molar-refractivity contribution is -0.113. The lowest BCUT2D eigenvalue weighted by Crippen LogP contribution is -2.14. The predicted octanol–water partition coefficient (Wildman–Crippen LogP) is 4.92. The zero-order chi connectivity index (χ0) is 18.4. The maximum atomic E-state index is 12.1. The molecule has 1 aromatic heterocycles. The van der Waals surface area contributed by atoms with Crippen molar-refractivity contribution in [2.24, 2.45) is 0 Å². The molecule has 0 aliphatic carbocycles. The number of aryl methyl sites for hydroxylation is 1. The van der Waals surface area contributed by atoms with Gasteiger partial charge >= 0.3 is 0 Å². The van der Waals surface area contributed by atoms with Gasteiger partial charge in [-0.25, -0.2) is 4.98 Å². The number of halogens is 1. The Morgan fingerprint density at radius 1 is 1.19 bits per heavy atom. The molecule has 0 fully saturated rings. The van der Waals surface area contributed by atoms with E-state index in [1.165, 1.54) is 17.3 Å². The number of benzene rings is 2. The summed E-state index contributed by atoms with van der Waals surface area (Å²) in [6.07, 6.45) is 2.16. The van der Waals surface area contributed by atoms with E-state index in [9.17, 15) is 4.79 Å². The topological polar surface area (TPSA) is 70.7 Å². The molecule has 0 spiro atoms. The number of thioether (sulfide) groups is 1. The molecule has 0 atom stereocenters. The quantitative estimate of drug-likeness (QED) is 0.521. The Hall–Kier alpha value is -2.12. The van der Waals surface area contributed by atoms with Crippen LogP contribution in [0, 0.1) is 0 Å². The number of carbonyl (C=O) groups is 1. The van der Waals surface area contributed by atoms with E-state index in [0.29, 0.717) is 11.0 Å². The largest absolute Gasteiger partial charge is 0.325 e. The highest BCUT2D eigenvalue weighted by atomic mass is 79.9. The van der Waals surface area contributed by atoms with Crippen molar-refractivity contribution in [2.45, 2.75) is 24.9 Å². The van der Waals surface area contributed by atoms with E-state index in [-0.39, 0.29) is 11.7 Å². The fourth-order valence-corrected chi connectivity index (χ4v) is 3.53. The molecule has 3 aromatic rings. The molecule has 5 nitrogen and oxygen atoms in total. The Labute approximate surface area is 165 Å². The van der Waals surface area contributed by atoms with E-state index in [1.54, 1.807) is 0 Å². The fourth-order valence-electron chi connectivity index (χ4n) is 2.46. The molecule has 134 valence electrons. The van der Waals surface area contributed by atoms with Crippen LogP contribution in [0.3, 0.4) is 0 Å². The molecule has 0 saturated heterocycles. The highest BCUT2D eigenvalue weighted by Crippen LogP contribution is 2.26. The predicted molar refractivity (Wildman–Crippen MR) is 109 cm³/mol. The van der Waals surface area contributed by atoms with Gasteiger partial charge in [0.15, 0.2) is 5.82 Å². The molecule has 0 unspecified atom stereocenters. The van der Waals surface area contributed by atoms with Crippen LogP contribution in [0.15, 0.2) is 58.2 Å². The van der Waals surface area contributed by atoms with Gasteiger partial charge in [0.1, 0.15) is 0 Å². The zero-order valence-corrected chi connectivity index (χ0v) is 16.7. The van der Waals surface area contributed by atoms with E-state index in [4.69, 9.17) is 0 Å². The highest BCUT2D eigenvalue weighted by molar-refractivity contribution is 9.10. The summed E-state index contributed by atoms with van der Waals surface area (Å²) in [4.78, 5) is 16.6. The average molecular weight is 431 g/mol. The molecule has 0 saturated carbocycles. The number of carbonyl (C=O) groups excluding carboxylic acids is 1.